The van der Waals surface area contributed by atoms with Crippen molar-refractivity contribution in [1.29, 1.82) is 0 Å². The number of hydrogen-bond acceptors (Lipinski definition) is 5. The van der Waals surface area contributed by atoms with Crippen molar-refractivity contribution in [3.05, 3.63) is 18.3 Å². The lowest BCUT2D eigenvalue weighted by Crippen LogP contribution is -2.38. The molecule has 0 saturated heterocycles. The van der Waals surface area contributed by atoms with Crippen molar-refractivity contribution < 1.29 is 8.42 Å². The van der Waals surface area contributed by atoms with Gasteiger partial charge in [-0.05, 0) is 40.1 Å². The summed E-state index contributed by atoms with van der Waals surface area (Å²) in [5.41, 5.74) is 0. The predicted octanol–water partition coefficient (Wildman–Crippen LogP) is 0.742. The van der Waals surface area contributed by atoms with Crippen LogP contribution in [0, 0.1) is 0 Å². The minimum absolute atomic E-state index is 0.119. The first-order valence-electron chi connectivity index (χ1n) is 6.23. The summed E-state index contributed by atoms with van der Waals surface area (Å²) in [4.78, 5) is 6.19. The van der Waals surface area contributed by atoms with Crippen molar-refractivity contribution in [2.45, 2.75) is 24.8 Å². The summed E-state index contributed by atoms with van der Waals surface area (Å²) < 4.78 is 27.1. The monoisotopic (exact) mass is 286 g/mol. The lowest BCUT2D eigenvalue weighted by Gasteiger charge is -2.20. The molecule has 0 aliphatic heterocycles. The Bertz CT molecular complexity index is 502. The van der Waals surface area contributed by atoms with Crippen molar-refractivity contribution in [3.63, 3.8) is 0 Å². The summed E-state index contributed by atoms with van der Waals surface area (Å²) >= 11 is 0. The molecule has 2 N–H and O–H groups in total. The maximum atomic E-state index is 12.2. The van der Waals surface area contributed by atoms with E-state index in [0.717, 1.165) is 0 Å². The number of anilines is 1. The molecular weight excluding hydrogens is 264 g/mol. The molecule has 0 saturated carbocycles. The molecule has 0 radical (unpaired) electrons. The van der Waals surface area contributed by atoms with E-state index < -0.39 is 10.0 Å². The molecular formula is C12H22N4O2S. The van der Waals surface area contributed by atoms with Crippen LogP contribution in [0.1, 0.15) is 13.8 Å². The van der Waals surface area contributed by atoms with Gasteiger partial charge in [-0.15, -0.1) is 0 Å². The topological polar surface area (TPSA) is 74.3 Å². The van der Waals surface area contributed by atoms with Crippen molar-refractivity contribution in [1.82, 2.24) is 14.6 Å². The van der Waals surface area contributed by atoms with Crippen molar-refractivity contribution in [3.8, 4) is 0 Å². The van der Waals surface area contributed by atoms with Gasteiger partial charge in [0.15, 0.2) is 0 Å². The summed E-state index contributed by atoms with van der Waals surface area (Å²) in [7, 11) is 0.276. The van der Waals surface area contributed by atoms with Gasteiger partial charge in [0, 0.05) is 25.3 Å². The molecule has 0 spiro atoms. The molecule has 1 rings (SSSR count). The van der Waals surface area contributed by atoms with E-state index in [4.69, 9.17) is 0 Å². The Morgan fingerprint density at radius 3 is 2.68 bits per heavy atom. The first kappa shape index (κ1) is 15.9. The molecule has 1 unspecified atom stereocenters. The number of aromatic nitrogens is 1. The Kier molecular flexibility index (Phi) is 5.71. The maximum Gasteiger partial charge on any atom is 0.244 e. The molecule has 1 aromatic heterocycles. The molecule has 7 heteroatoms. The number of sulfonamides is 1. The highest BCUT2D eigenvalue weighted by Gasteiger charge is 2.19. The highest BCUT2D eigenvalue weighted by molar-refractivity contribution is 7.89. The predicted molar refractivity (Wildman–Crippen MR) is 76.7 cm³/mol. The molecule has 0 amide bonds. The van der Waals surface area contributed by atoms with E-state index in [0.29, 0.717) is 18.9 Å². The second-order valence-corrected chi connectivity index (χ2v) is 6.28. The number of pyridine rings is 1. The second-order valence-electron chi connectivity index (χ2n) is 4.55. The Hall–Kier alpha value is -1.18. The molecule has 1 atom stereocenters. The van der Waals surface area contributed by atoms with Gasteiger partial charge in [-0.2, -0.15) is 0 Å². The Balaban J connectivity index is 2.88. The molecule has 0 fully saturated rings. The molecule has 1 aromatic rings. The summed E-state index contributed by atoms with van der Waals surface area (Å²) in [5.74, 6) is 0.384. The SMILES string of the molecule is CCNc1ncccc1S(=O)(=O)NCC(C)N(C)C. The molecule has 19 heavy (non-hydrogen) atoms. The molecule has 0 aromatic carbocycles. The minimum atomic E-state index is -3.54. The van der Waals surface area contributed by atoms with Crippen LogP contribution in [0.4, 0.5) is 5.82 Å². The highest BCUT2D eigenvalue weighted by atomic mass is 32.2. The summed E-state index contributed by atoms with van der Waals surface area (Å²) in [6, 6.07) is 3.28. The van der Waals surface area contributed by atoms with Crippen LogP contribution in [-0.4, -0.2) is 51.5 Å². The lowest BCUT2D eigenvalue weighted by molar-refractivity contribution is 0.314. The first-order chi connectivity index (χ1) is 8.88. The molecule has 6 nitrogen and oxygen atoms in total. The van der Waals surface area contributed by atoms with E-state index in [1.54, 1.807) is 18.3 Å². The quantitative estimate of drug-likeness (QED) is 0.773. The first-order valence-corrected chi connectivity index (χ1v) is 7.71. The fraction of sp³-hybridized carbons (Fsp3) is 0.583. The van der Waals surface area contributed by atoms with Crippen LogP contribution in [0.5, 0.6) is 0 Å². The molecule has 0 aliphatic rings. The van der Waals surface area contributed by atoms with E-state index in [1.807, 2.05) is 32.8 Å². The fourth-order valence-corrected chi connectivity index (χ4v) is 2.65. The number of likely N-dealkylation sites (N-methyl/N-ethyl adjacent to an activating group) is 1. The molecule has 0 aliphatic carbocycles. The number of hydrogen-bond donors (Lipinski definition) is 2. The van der Waals surface area contributed by atoms with E-state index in [-0.39, 0.29) is 10.9 Å². The van der Waals surface area contributed by atoms with Gasteiger partial charge in [0.25, 0.3) is 0 Å². The molecule has 1 heterocycles. The second kappa shape index (κ2) is 6.83. The Labute approximate surface area is 115 Å². The standard InChI is InChI=1S/C12H22N4O2S/c1-5-13-12-11(7-6-8-14-12)19(17,18)15-9-10(2)16(3)4/h6-8,10,15H,5,9H2,1-4H3,(H,13,14). The molecule has 0 bridgehead atoms. The van der Waals surface area contributed by atoms with Crippen LogP contribution in [0.25, 0.3) is 0 Å². The lowest BCUT2D eigenvalue weighted by atomic mass is 10.3. The maximum absolute atomic E-state index is 12.2. The Morgan fingerprint density at radius 2 is 2.11 bits per heavy atom. The summed E-state index contributed by atoms with van der Waals surface area (Å²) in [6.07, 6.45) is 1.57. The number of nitrogens with one attached hydrogen (secondary N) is 2. The highest BCUT2D eigenvalue weighted by Crippen LogP contribution is 2.17. The number of rotatable bonds is 7. The van der Waals surface area contributed by atoms with Crippen molar-refractivity contribution in [2.75, 3.05) is 32.5 Å². The van der Waals surface area contributed by atoms with Crippen LogP contribution in [0.15, 0.2) is 23.2 Å². The van der Waals surface area contributed by atoms with Gasteiger partial charge in [-0.25, -0.2) is 18.1 Å². The van der Waals surface area contributed by atoms with E-state index in [1.165, 1.54) is 0 Å². The fourth-order valence-electron chi connectivity index (χ4n) is 1.40. The van der Waals surface area contributed by atoms with Gasteiger partial charge in [0.2, 0.25) is 10.0 Å². The zero-order valence-corrected chi connectivity index (χ0v) is 12.7. The van der Waals surface area contributed by atoms with Crippen LogP contribution in [-0.2, 0) is 10.0 Å². The third-order valence-corrected chi connectivity index (χ3v) is 4.31. The zero-order valence-electron chi connectivity index (χ0n) is 11.8. The summed E-state index contributed by atoms with van der Waals surface area (Å²) in [6.45, 7) is 4.83. The minimum Gasteiger partial charge on any atom is -0.369 e. The van der Waals surface area contributed by atoms with Gasteiger partial charge in [-0.3, -0.25) is 0 Å². The van der Waals surface area contributed by atoms with Gasteiger partial charge < -0.3 is 10.2 Å². The average Bonchev–Trinajstić information content (AvgIpc) is 2.37. The van der Waals surface area contributed by atoms with E-state index >= 15 is 0 Å². The summed E-state index contributed by atoms with van der Waals surface area (Å²) in [5, 5.41) is 2.95. The third-order valence-electron chi connectivity index (χ3n) is 2.85. The van der Waals surface area contributed by atoms with Gasteiger partial charge in [-0.1, -0.05) is 0 Å². The molecule has 108 valence electrons. The van der Waals surface area contributed by atoms with Crippen LogP contribution >= 0.6 is 0 Å². The van der Waals surface area contributed by atoms with Gasteiger partial charge in [0.05, 0.1) is 0 Å². The van der Waals surface area contributed by atoms with Crippen molar-refractivity contribution in [2.24, 2.45) is 0 Å². The van der Waals surface area contributed by atoms with E-state index in [9.17, 15) is 8.42 Å². The number of nitrogens with zero attached hydrogens (tertiary/aromatic N) is 2. The normalized spacial score (nSPS) is 13.5. The Morgan fingerprint density at radius 1 is 1.42 bits per heavy atom. The van der Waals surface area contributed by atoms with Gasteiger partial charge >= 0.3 is 0 Å². The van der Waals surface area contributed by atoms with Gasteiger partial charge in [0.1, 0.15) is 10.7 Å². The van der Waals surface area contributed by atoms with E-state index in [2.05, 4.69) is 15.0 Å². The van der Waals surface area contributed by atoms with Crippen LogP contribution < -0.4 is 10.0 Å². The largest absolute Gasteiger partial charge is 0.369 e. The van der Waals surface area contributed by atoms with Crippen molar-refractivity contribution >= 4 is 15.8 Å². The third kappa shape index (κ3) is 4.45. The zero-order chi connectivity index (χ0) is 14.5. The van der Waals surface area contributed by atoms with Crippen LogP contribution in [0.3, 0.4) is 0 Å². The smallest absolute Gasteiger partial charge is 0.244 e. The average molecular weight is 286 g/mol. The van der Waals surface area contributed by atoms with Crippen LogP contribution in [0.2, 0.25) is 0 Å².